The molecule has 1 N–H and O–H groups in total. The van der Waals surface area contributed by atoms with E-state index in [4.69, 9.17) is 0 Å². The summed E-state index contributed by atoms with van der Waals surface area (Å²) in [5, 5.41) is 11.0. The highest BCUT2D eigenvalue weighted by molar-refractivity contribution is 5.51. The van der Waals surface area contributed by atoms with E-state index in [0.717, 1.165) is 36.8 Å². The number of hydrogen-bond donors (Lipinski definition) is 1. The minimum Gasteiger partial charge on any atom is -0.507 e. The Kier molecular flexibility index (Phi) is 6.12. The zero-order valence-corrected chi connectivity index (χ0v) is 16.0. The normalized spacial score (nSPS) is 13.0. The maximum Gasteiger partial charge on any atom is 0.123 e. The standard InChI is InChI=1S/C21H36O/c1-9-11-20(5,6)17-13-16(15(3)4)14-18(19(17)22)21(7,8)12-10-2/h13-15,22H,9-12H2,1-8H3. The zero-order chi connectivity index (χ0) is 17.1. The third-order valence-electron chi connectivity index (χ3n) is 5.01. The molecule has 0 radical (unpaired) electrons. The quantitative estimate of drug-likeness (QED) is 0.596. The topological polar surface area (TPSA) is 20.2 Å². The molecule has 0 heterocycles. The van der Waals surface area contributed by atoms with Crippen molar-refractivity contribution in [3.05, 3.63) is 28.8 Å². The highest BCUT2D eigenvalue weighted by Gasteiger charge is 2.30. The van der Waals surface area contributed by atoms with Crippen LogP contribution in [0, 0.1) is 0 Å². The van der Waals surface area contributed by atoms with E-state index in [1.807, 2.05) is 0 Å². The molecule has 1 nitrogen and oxygen atoms in total. The largest absolute Gasteiger partial charge is 0.507 e. The number of aromatic hydroxyl groups is 1. The summed E-state index contributed by atoms with van der Waals surface area (Å²) in [7, 11) is 0. The predicted octanol–water partition coefficient (Wildman–Crippen LogP) is 6.67. The molecule has 0 spiro atoms. The van der Waals surface area contributed by atoms with Crippen molar-refractivity contribution in [2.45, 2.75) is 97.8 Å². The fourth-order valence-electron chi connectivity index (χ4n) is 3.54. The summed E-state index contributed by atoms with van der Waals surface area (Å²) in [6.07, 6.45) is 4.45. The van der Waals surface area contributed by atoms with Crippen LogP contribution >= 0.6 is 0 Å². The van der Waals surface area contributed by atoms with E-state index in [1.165, 1.54) is 5.56 Å². The van der Waals surface area contributed by atoms with Crippen LogP contribution in [-0.4, -0.2) is 5.11 Å². The molecular formula is C21H36O. The minimum atomic E-state index is 0.0147. The van der Waals surface area contributed by atoms with Gasteiger partial charge in [0.25, 0.3) is 0 Å². The molecule has 22 heavy (non-hydrogen) atoms. The number of phenolic OH excluding ortho intramolecular Hbond substituents is 1. The Morgan fingerprint density at radius 3 is 1.50 bits per heavy atom. The Morgan fingerprint density at radius 1 is 0.864 bits per heavy atom. The Balaban J connectivity index is 3.55. The summed E-state index contributed by atoms with van der Waals surface area (Å²) < 4.78 is 0. The molecule has 0 aliphatic carbocycles. The molecule has 0 aromatic heterocycles. The van der Waals surface area contributed by atoms with Gasteiger partial charge in [-0.15, -0.1) is 0 Å². The van der Waals surface area contributed by atoms with Gasteiger partial charge < -0.3 is 5.11 Å². The molecule has 1 rings (SSSR count). The van der Waals surface area contributed by atoms with Crippen LogP contribution in [0.25, 0.3) is 0 Å². The van der Waals surface area contributed by atoms with Crippen LogP contribution < -0.4 is 0 Å². The van der Waals surface area contributed by atoms with Crippen molar-refractivity contribution in [3.63, 3.8) is 0 Å². The van der Waals surface area contributed by atoms with E-state index in [1.54, 1.807) is 0 Å². The first-order valence-electron chi connectivity index (χ1n) is 8.94. The van der Waals surface area contributed by atoms with Crippen molar-refractivity contribution in [1.82, 2.24) is 0 Å². The van der Waals surface area contributed by atoms with Gasteiger partial charge in [0.1, 0.15) is 5.75 Å². The molecule has 0 amide bonds. The van der Waals surface area contributed by atoms with Crippen LogP contribution in [-0.2, 0) is 10.8 Å². The molecule has 0 saturated carbocycles. The van der Waals surface area contributed by atoms with Crippen LogP contribution in [0.2, 0.25) is 0 Å². The van der Waals surface area contributed by atoms with Crippen LogP contribution in [0.3, 0.4) is 0 Å². The third kappa shape index (κ3) is 4.06. The van der Waals surface area contributed by atoms with E-state index >= 15 is 0 Å². The van der Waals surface area contributed by atoms with Crippen molar-refractivity contribution in [2.75, 3.05) is 0 Å². The second kappa shape index (κ2) is 7.06. The van der Waals surface area contributed by atoms with Crippen molar-refractivity contribution in [2.24, 2.45) is 0 Å². The number of phenols is 1. The van der Waals surface area contributed by atoms with E-state index in [0.29, 0.717) is 11.7 Å². The number of hydrogen-bond acceptors (Lipinski definition) is 1. The lowest BCUT2D eigenvalue weighted by atomic mass is 9.73. The van der Waals surface area contributed by atoms with Gasteiger partial charge in [0.2, 0.25) is 0 Å². The summed E-state index contributed by atoms with van der Waals surface area (Å²) in [5.41, 5.74) is 3.62. The molecule has 0 aliphatic heterocycles. The van der Waals surface area contributed by atoms with Gasteiger partial charge in [0.05, 0.1) is 0 Å². The smallest absolute Gasteiger partial charge is 0.123 e. The molecule has 0 fully saturated rings. The van der Waals surface area contributed by atoms with E-state index in [9.17, 15) is 5.11 Å². The lowest BCUT2D eigenvalue weighted by molar-refractivity contribution is 0.388. The zero-order valence-electron chi connectivity index (χ0n) is 16.0. The van der Waals surface area contributed by atoms with Gasteiger partial charge >= 0.3 is 0 Å². The number of benzene rings is 1. The van der Waals surface area contributed by atoms with Gasteiger partial charge in [-0.1, -0.05) is 80.4 Å². The van der Waals surface area contributed by atoms with Gasteiger partial charge in [-0.3, -0.25) is 0 Å². The number of rotatable bonds is 7. The summed E-state index contributed by atoms with van der Waals surface area (Å²) >= 11 is 0. The molecule has 1 aromatic rings. The fourth-order valence-corrected chi connectivity index (χ4v) is 3.54. The molecular weight excluding hydrogens is 268 g/mol. The van der Waals surface area contributed by atoms with Crippen LogP contribution in [0.15, 0.2) is 12.1 Å². The highest BCUT2D eigenvalue weighted by Crippen LogP contribution is 2.44. The second-order valence-electron chi connectivity index (χ2n) is 8.39. The first kappa shape index (κ1) is 19.1. The maximum atomic E-state index is 11.0. The molecule has 126 valence electrons. The van der Waals surface area contributed by atoms with Crippen LogP contribution in [0.1, 0.15) is 104 Å². The highest BCUT2D eigenvalue weighted by atomic mass is 16.3. The van der Waals surface area contributed by atoms with Crippen molar-refractivity contribution >= 4 is 0 Å². The van der Waals surface area contributed by atoms with Crippen molar-refractivity contribution < 1.29 is 5.11 Å². The Labute approximate surface area is 138 Å². The van der Waals surface area contributed by atoms with Gasteiger partial charge in [-0.25, -0.2) is 0 Å². The summed E-state index contributed by atoms with van der Waals surface area (Å²) in [6.45, 7) is 17.9. The molecule has 0 aliphatic rings. The monoisotopic (exact) mass is 304 g/mol. The summed E-state index contributed by atoms with van der Waals surface area (Å²) in [4.78, 5) is 0. The first-order valence-corrected chi connectivity index (χ1v) is 8.94. The minimum absolute atomic E-state index is 0.0147. The average molecular weight is 305 g/mol. The molecule has 0 bridgehead atoms. The molecule has 1 aromatic carbocycles. The lowest BCUT2D eigenvalue weighted by Crippen LogP contribution is -2.22. The average Bonchev–Trinajstić information content (AvgIpc) is 2.37. The van der Waals surface area contributed by atoms with Crippen molar-refractivity contribution in [1.29, 1.82) is 0 Å². The Hall–Kier alpha value is -0.980. The summed E-state index contributed by atoms with van der Waals surface area (Å²) in [6, 6.07) is 4.47. The molecule has 0 saturated heterocycles. The van der Waals surface area contributed by atoms with Gasteiger partial charge in [0.15, 0.2) is 0 Å². The molecule has 1 heteroatoms. The van der Waals surface area contributed by atoms with E-state index in [2.05, 4.69) is 67.5 Å². The summed E-state index contributed by atoms with van der Waals surface area (Å²) in [5.74, 6) is 1.01. The second-order valence-corrected chi connectivity index (χ2v) is 8.39. The predicted molar refractivity (Wildman–Crippen MR) is 98.1 cm³/mol. The van der Waals surface area contributed by atoms with Crippen molar-refractivity contribution in [3.8, 4) is 5.75 Å². The first-order chi connectivity index (χ1) is 10.1. The lowest BCUT2D eigenvalue weighted by Gasteiger charge is -2.32. The van der Waals surface area contributed by atoms with Crippen LogP contribution in [0.5, 0.6) is 5.75 Å². The van der Waals surface area contributed by atoms with Gasteiger partial charge in [0, 0.05) is 11.1 Å². The maximum absolute atomic E-state index is 11.0. The Bertz CT molecular complexity index is 456. The molecule has 0 atom stereocenters. The fraction of sp³-hybridized carbons (Fsp3) is 0.714. The van der Waals surface area contributed by atoms with Crippen LogP contribution in [0.4, 0.5) is 0 Å². The third-order valence-corrected chi connectivity index (χ3v) is 5.01. The van der Waals surface area contributed by atoms with Gasteiger partial charge in [-0.05, 0) is 35.2 Å². The SMILES string of the molecule is CCCC(C)(C)c1cc(C(C)C)cc(C(C)(C)CCC)c1O. The van der Waals surface area contributed by atoms with E-state index < -0.39 is 0 Å². The van der Waals surface area contributed by atoms with E-state index in [-0.39, 0.29) is 10.8 Å². The van der Waals surface area contributed by atoms with Gasteiger partial charge in [-0.2, -0.15) is 0 Å². The Morgan fingerprint density at radius 2 is 1.23 bits per heavy atom. The molecule has 0 unspecified atom stereocenters.